The summed E-state index contributed by atoms with van der Waals surface area (Å²) in [5.74, 6) is 1.55. The lowest BCUT2D eigenvalue weighted by Gasteiger charge is -2.38. The molecule has 1 aliphatic heterocycles. The van der Waals surface area contributed by atoms with Crippen molar-refractivity contribution in [2.45, 2.75) is 0 Å². The Labute approximate surface area is 237 Å². The van der Waals surface area contributed by atoms with Gasteiger partial charge in [0.15, 0.2) is 0 Å². The minimum absolute atomic E-state index is 0.263. The molecule has 200 valence electrons. The van der Waals surface area contributed by atoms with E-state index in [2.05, 4.69) is 46.2 Å². The Balaban J connectivity index is 1.38. The maximum Gasteiger partial charge on any atom is 0.146 e. The molecule has 0 atom stereocenters. The molecule has 5 nitrogen and oxygen atoms in total. The lowest BCUT2D eigenvalue weighted by molar-refractivity contribution is 0.378. The Morgan fingerprint density at radius 1 is 0.775 bits per heavy atom. The fourth-order valence-corrected chi connectivity index (χ4v) is 5.91. The number of aromatic nitrogens is 1. The Morgan fingerprint density at radius 3 is 2.12 bits per heavy atom. The quantitative estimate of drug-likeness (QED) is 0.163. The molecule has 0 amide bonds. The summed E-state index contributed by atoms with van der Waals surface area (Å²) >= 11 is 1.53. The predicted octanol–water partition coefficient (Wildman–Crippen LogP) is 7.53. The number of hydrogen-bond acceptors (Lipinski definition) is 5. The van der Waals surface area contributed by atoms with Crippen molar-refractivity contribution in [2.75, 3.05) is 38.2 Å². The van der Waals surface area contributed by atoms with Gasteiger partial charge in [0, 0.05) is 42.9 Å². The van der Waals surface area contributed by atoms with E-state index < -0.39 is 0 Å². The third-order valence-electron chi connectivity index (χ3n) is 6.99. The van der Waals surface area contributed by atoms with Crippen molar-refractivity contribution in [1.82, 2.24) is 9.88 Å². The Kier molecular flexibility index (Phi) is 7.55. The van der Waals surface area contributed by atoms with Gasteiger partial charge in [0.2, 0.25) is 0 Å². The van der Waals surface area contributed by atoms with Gasteiger partial charge in [0.25, 0.3) is 0 Å². The van der Waals surface area contributed by atoms with E-state index in [1.54, 1.807) is 19.2 Å². The van der Waals surface area contributed by atoms with Crippen LogP contribution in [0.25, 0.3) is 21.8 Å². The Morgan fingerprint density at radius 2 is 1.43 bits per heavy atom. The molecule has 0 saturated carbocycles. The number of nitrogens with zero attached hydrogens (tertiary/aromatic N) is 4. The lowest BCUT2D eigenvalue weighted by atomic mass is 10.1. The average molecular weight is 549 g/mol. The summed E-state index contributed by atoms with van der Waals surface area (Å²) in [4.78, 5) is 15.0. The maximum atomic E-state index is 13.6. The van der Waals surface area contributed by atoms with Gasteiger partial charge in [-0.05, 0) is 36.4 Å². The number of thiazole rings is 1. The number of benzene rings is 4. The fourth-order valence-electron chi connectivity index (χ4n) is 4.94. The van der Waals surface area contributed by atoms with Crippen LogP contribution in [-0.2, 0) is 0 Å². The van der Waals surface area contributed by atoms with Gasteiger partial charge in [-0.3, -0.25) is 0 Å². The third-order valence-corrected chi connectivity index (χ3v) is 7.99. The van der Waals surface area contributed by atoms with Gasteiger partial charge in [-0.15, -0.1) is 0 Å². The topological polar surface area (TPSA) is 41.0 Å². The second-order valence-corrected chi connectivity index (χ2v) is 10.5. The van der Waals surface area contributed by atoms with Gasteiger partial charge in [-0.1, -0.05) is 84.1 Å². The van der Waals surface area contributed by atoms with Crippen LogP contribution in [0.15, 0.2) is 114 Å². The van der Waals surface area contributed by atoms with Crippen molar-refractivity contribution < 1.29 is 9.13 Å². The van der Waals surface area contributed by atoms with Crippen LogP contribution in [0.4, 0.5) is 15.1 Å². The SMILES string of the molecule is COc1ccccc1N1CCN(C(=Nc2sc(-c3ccc(F)cc3)nc2-c2ccccc2)c2ccccc2)CC1. The first-order valence-electron chi connectivity index (χ1n) is 13.3. The highest BCUT2D eigenvalue weighted by Crippen LogP contribution is 2.40. The number of anilines is 1. The monoisotopic (exact) mass is 548 g/mol. The van der Waals surface area contributed by atoms with Gasteiger partial charge in [0.1, 0.15) is 33.1 Å². The maximum absolute atomic E-state index is 13.6. The molecular formula is C33H29FN4OS. The Hall–Kier alpha value is -4.49. The molecule has 1 aliphatic rings. The minimum atomic E-state index is -0.263. The highest BCUT2D eigenvalue weighted by Gasteiger charge is 2.24. The number of rotatable bonds is 6. The van der Waals surface area contributed by atoms with Crippen molar-refractivity contribution in [3.63, 3.8) is 0 Å². The number of ether oxygens (including phenoxy) is 1. The first-order chi connectivity index (χ1) is 19.7. The van der Waals surface area contributed by atoms with Crippen LogP contribution in [0.5, 0.6) is 5.75 Å². The number of methoxy groups -OCH3 is 1. The molecule has 5 aromatic rings. The summed E-state index contributed by atoms with van der Waals surface area (Å²) < 4.78 is 19.3. The number of amidine groups is 1. The summed E-state index contributed by atoms with van der Waals surface area (Å²) in [6.45, 7) is 3.33. The molecular weight excluding hydrogens is 519 g/mol. The molecule has 0 radical (unpaired) electrons. The summed E-state index contributed by atoms with van der Waals surface area (Å²) in [6, 6.07) is 35.1. The van der Waals surface area contributed by atoms with Crippen LogP contribution < -0.4 is 9.64 Å². The van der Waals surface area contributed by atoms with E-state index in [0.717, 1.165) is 75.8 Å². The van der Waals surface area contributed by atoms with Gasteiger partial charge in [-0.2, -0.15) is 0 Å². The first-order valence-corrected chi connectivity index (χ1v) is 14.1. The molecule has 1 saturated heterocycles. The number of halogens is 1. The lowest BCUT2D eigenvalue weighted by Crippen LogP contribution is -2.49. The van der Waals surface area contributed by atoms with Crippen LogP contribution in [0.1, 0.15) is 5.56 Å². The zero-order valence-corrected chi connectivity index (χ0v) is 23.0. The van der Waals surface area contributed by atoms with Crippen LogP contribution in [0.2, 0.25) is 0 Å². The molecule has 0 spiro atoms. The summed E-state index contributed by atoms with van der Waals surface area (Å²) in [5, 5.41) is 1.64. The van der Waals surface area contributed by atoms with Crippen molar-refractivity contribution in [1.29, 1.82) is 0 Å². The van der Waals surface area contributed by atoms with E-state index in [4.69, 9.17) is 14.7 Å². The van der Waals surface area contributed by atoms with E-state index in [9.17, 15) is 4.39 Å². The molecule has 1 fully saturated rings. The summed E-state index contributed by atoms with van der Waals surface area (Å²) in [6.07, 6.45) is 0. The van der Waals surface area contributed by atoms with E-state index >= 15 is 0 Å². The van der Waals surface area contributed by atoms with Gasteiger partial charge < -0.3 is 14.5 Å². The second kappa shape index (κ2) is 11.7. The number of aliphatic imine (C=N–C) groups is 1. The van der Waals surface area contributed by atoms with Crippen LogP contribution >= 0.6 is 11.3 Å². The third kappa shape index (κ3) is 5.46. The molecule has 40 heavy (non-hydrogen) atoms. The molecule has 0 N–H and O–H groups in total. The van der Waals surface area contributed by atoms with Crippen molar-refractivity contribution in [3.8, 4) is 27.6 Å². The van der Waals surface area contributed by atoms with Crippen LogP contribution in [-0.4, -0.2) is 49.0 Å². The van der Waals surface area contributed by atoms with E-state index in [1.165, 1.54) is 23.5 Å². The minimum Gasteiger partial charge on any atom is -0.495 e. The highest BCUT2D eigenvalue weighted by atomic mass is 32.1. The zero-order valence-electron chi connectivity index (χ0n) is 22.2. The van der Waals surface area contributed by atoms with Crippen molar-refractivity contribution in [3.05, 3.63) is 121 Å². The number of para-hydroxylation sites is 2. The highest BCUT2D eigenvalue weighted by molar-refractivity contribution is 7.19. The molecule has 0 unspecified atom stereocenters. The predicted molar refractivity (Wildman–Crippen MR) is 162 cm³/mol. The number of piperazine rings is 1. The Bertz CT molecular complexity index is 1600. The number of hydrogen-bond donors (Lipinski definition) is 0. The van der Waals surface area contributed by atoms with Crippen LogP contribution in [0.3, 0.4) is 0 Å². The molecule has 4 aromatic carbocycles. The smallest absolute Gasteiger partial charge is 0.146 e. The van der Waals surface area contributed by atoms with Gasteiger partial charge >= 0.3 is 0 Å². The standard InChI is InChI=1S/C33H29FN4OS/c1-39-29-15-9-8-14-28(29)37-20-22-38(23-21-37)31(25-12-6-3-7-13-25)36-33-30(24-10-4-2-5-11-24)35-32(40-33)26-16-18-27(34)19-17-26/h2-19H,20-23H2,1H3. The van der Waals surface area contributed by atoms with Gasteiger partial charge in [0.05, 0.1) is 12.8 Å². The molecule has 0 bridgehead atoms. The van der Waals surface area contributed by atoms with E-state index in [1.807, 2.05) is 48.5 Å². The fraction of sp³-hybridized carbons (Fsp3) is 0.152. The first kappa shape index (κ1) is 25.8. The largest absolute Gasteiger partial charge is 0.495 e. The van der Waals surface area contributed by atoms with E-state index in [0.29, 0.717) is 0 Å². The molecule has 6 rings (SSSR count). The second-order valence-electron chi connectivity index (χ2n) is 9.49. The molecule has 0 aliphatic carbocycles. The van der Waals surface area contributed by atoms with E-state index in [-0.39, 0.29) is 5.82 Å². The molecule has 1 aromatic heterocycles. The normalized spacial score (nSPS) is 13.9. The van der Waals surface area contributed by atoms with Crippen molar-refractivity contribution in [2.24, 2.45) is 4.99 Å². The zero-order chi connectivity index (χ0) is 27.3. The average Bonchev–Trinajstić information content (AvgIpc) is 3.45. The van der Waals surface area contributed by atoms with Gasteiger partial charge in [-0.25, -0.2) is 14.4 Å². The summed E-state index contributed by atoms with van der Waals surface area (Å²) in [7, 11) is 1.72. The summed E-state index contributed by atoms with van der Waals surface area (Å²) in [5.41, 5.74) is 4.87. The molecule has 2 heterocycles. The van der Waals surface area contributed by atoms with Crippen molar-refractivity contribution >= 4 is 27.9 Å². The molecule has 7 heteroatoms. The van der Waals surface area contributed by atoms with Crippen LogP contribution in [0, 0.1) is 5.82 Å².